The summed E-state index contributed by atoms with van der Waals surface area (Å²) >= 11 is 0. The molecular weight excluding hydrogens is 368 g/mol. The minimum absolute atomic E-state index is 0.0999. The van der Waals surface area contributed by atoms with E-state index in [1.807, 2.05) is 46.0 Å². The summed E-state index contributed by atoms with van der Waals surface area (Å²) in [6.07, 6.45) is 7.30. The third kappa shape index (κ3) is 4.56. The van der Waals surface area contributed by atoms with Crippen LogP contribution in [0, 0.1) is 0 Å². The number of ether oxygens (including phenoxy) is 1. The zero-order valence-electron chi connectivity index (χ0n) is 16.4. The van der Waals surface area contributed by atoms with E-state index >= 15 is 0 Å². The molecule has 1 aliphatic heterocycles. The quantitative estimate of drug-likeness (QED) is 0.724. The molecule has 1 fully saturated rings. The van der Waals surface area contributed by atoms with Crippen LogP contribution in [0.25, 0.3) is 5.65 Å². The number of nitrogens with zero attached hydrogens (tertiary/aromatic N) is 3. The molecule has 0 atom stereocenters. The second-order valence-electron chi connectivity index (χ2n) is 7.26. The first-order valence-electron chi connectivity index (χ1n) is 9.80. The molecule has 0 spiro atoms. The molecule has 3 heterocycles. The van der Waals surface area contributed by atoms with Gasteiger partial charge in [0, 0.05) is 63.6 Å². The topological polar surface area (TPSA) is 75.9 Å². The van der Waals surface area contributed by atoms with E-state index in [9.17, 15) is 9.59 Å². The molecule has 2 amide bonds. The Balaban J connectivity index is 1.29. The Morgan fingerprint density at radius 3 is 2.62 bits per heavy atom. The molecule has 7 nitrogen and oxygen atoms in total. The highest BCUT2D eigenvalue weighted by Crippen LogP contribution is 2.20. The summed E-state index contributed by atoms with van der Waals surface area (Å²) in [5.74, 6) is 0.727. The number of pyridine rings is 1. The molecular formula is C22H24N4O3. The lowest BCUT2D eigenvalue weighted by Gasteiger charge is -2.31. The van der Waals surface area contributed by atoms with Crippen LogP contribution in [0.1, 0.15) is 35.7 Å². The molecule has 29 heavy (non-hydrogen) atoms. The number of carbonyl (C=O) groups is 2. The van der Waals surface area contributed by atoms with Crippen molar-refractivity contribution in [1.29, 1.82) is 0 Å². The van der Waals surface area contributed by atoms with Crippen LogP contribution in [0.15, 0.2) is 55.0 Å². The summed E-state index contributed by atoms with van der Waals surface area (Å²) in [6.45, 7) is 3.49. The Morgan fingerprint density at radius 2 is 1.90 bits per heavy atom. The molecule has 3 aromatic rings. The van der Waals surface area contributed by atoms with E-state index in [1.165, 1.54) is 0 Å². The minimum atomic E-state index is -0.130. The Labute approximate surface area is 169 Å². The normalized spacial score (nSPS) is 14.7. The van der Waals surface area contributed by atoms with Crippen LogP contribution in [0.2, 0.25) is 0 Å². The predicted molar refractivity (Wildman–Crippen MR) is 109 cm³/mol. The standard InChI is InChI=1S/C22H24N4O3/c1-16(27)25-11-7-20(8-12-25)29-19-4-2-18(3-5-19)22(28)24-15-17-6-10-26-13-9-23-21(26)14-17/h2-6,9-10,13-14,20H,7-8,11-12,15H2,1H3,(H,24,28). The van der Waals surface area contributed by atoms with Crippen molar-refractivity contribution in [2.45, 2.75) is 32.4 Å². The van der Waals surface area contributed by atoms with E-state index in [4.69, 9.17) is 4.74 Å². The zero-order valence-corrected chi connectivity index (χ0v) is 16.4. The van der Waals surface area contributed by atoms with Crippen LogP contribution in [-0.4, -0.2) is 45.3 Å². The number of nitrogens with one attached hydrogen (secondary N) is 1. The molecule has 0 unspecified atom stereocenters. The maximum atomic E-state index is 12.4. The molecule has 1 aromatic carbocycles. The lowest BCUT2D eigenvalue weighted by atomic mass is 10.1. The van der Waals surface area contributed by atoms with Crippen molar-refractivity contribution in [1.82, 2.24) is 19.6 Å². The number of rotatable bonds is 5. The highest BCUT2D eigenvalue weighted by atomic mass is 16.5. The number of piperidine rings is 1. The summed E-state index contributed by atoms with van der Waals surface area (Å²) in [5, 5.41) is 2.93. The number of fused-ring (bicyclic) bond motifs is 1. The number of amides is 2. The molecule has 7 heteroatoms. The molecule has 1 N–H and O–H groups in total. The van der Waals surface area contributed by atoms with Gasteiger partial charge < -0.3 is 19.4 Å². The van der Waals surface area contributed by atoms with Gasteiger partial charge >= 0.3 is 0 Å². The van der Waals surface area contributed by atoms with Crippen molar-refractivity contribution in [3.05, 3.63) is 66.1 Å². The van der Waals surface area contributed by atoms with Crippen LogP contribution >= 0.6 is 0 Å². The number of benzene rings is 1. The maximum Gasteiger partial charge on any atom is 0.251 e. The predicted octanol–water partition coefficient (Wildman–Crippen LogP) is 2.65. The van der Waals surface area contributed by atoms with Crippen molar-refractivity contribution in [3.63, 3.8) is 0 Å². The lowest BCUT2D eigenvalue weighted by molar-refractivity contribution is -0.130. The minimum Gasteiger partial charge on any atom is -0.490 e. The fraction of sp³-hybridized carbons (Fsp3) is 0.318. The highest BCUT2D eigenvalue weighted by molar-refractivity contribution is 5.94. The summed E-state index contributed by atoms with van der Waals surface area (Å²) in [7, 11) is 0. The molecule has 4 rings (SSSR count). The van der Waals surface area contributed by atoms with Gasteiger partial charge in [-0.25, -0.2) is 4.98 Å². The van der Waals surface area contributed by atoms with Gasteiger partial charge in [0.2, 0.25) is 5.91 Å². The number of hydrogen-bond donors (Lipinski definition) is 1. The molecule has 1 aliphatic rings. The Bertz CT molecular complexity index is 1000. The van der Waals surface area contributed by atoms with Crippen LogP contribution in [0.4, 0.5) is 0 Å². The SMILES string of the molecule is CC(=O)N1CCC(Oc2ccc(C(=O)NCc3ccn4ccnc4c3)cc2)CC1. The van der Waals surface area contributed by atoms with Crippen molar-refractivity contribution >= 4 is 17.5 Å². The van der Waals surface area contributed by atoms with Crippen LogP contribution < -0.4 is 10.1 Å². The summed E-state index contributed by atoms with van der Waals surface area (Å²) < 4.78 is 7.93. The van der Waals surface area contributed by atoms with Gasteiger partial charge in [0.25, 0.3) is 5.91 Å². The fourth-order valence-electron chi connectivity index (χ4n) is 3.51. The van der Waals surface area contributed by atoms with E-state index < -0.39 is 0 Å². The van der Waals surface area contributed by atoms with Gasteiger partial charge in [-0.1, -0.05) is 0 Å². The highest BCUT2D eigenvalue weighted by Gasteiger charge is 2.21. The molecule has 0 bridgehead atoms. The number of aromatic nitrogens is 2. The Kier molecular flexibility index (Phi) is 5.46. The third-order valence-corrected chi connectivity index (χ3v) is 5.22. The van der Waals surface area contributed by atoms with Gasteiger partial charge in [-0.15, -0.1) is 0 Å². The van der Waals surface area contributed by atoms with Gasteiger partial charge in [-0.3, -0.25) is 9.59 Å². The van der Waals surface area contributed by atoms with Crippen LogP contribution in [0.5, 0.6) is 5.75 Å². The van der Waals surface area contributed by atoms with E-state index in [0.717, 1.165) is 42.9 Å². The monoisotopic (exact) mass is 392 g/mol. The lowest BCUT2D eigenvalue weighted by Crippen LogP contribution is -2.40. The first kappa shape index (κ1) is 19.0. The smallest absolute Gasteiger partial charge is 0.251 e. The average molecular weight is 392 g/mol. The van der Waals surface area contributed by atoms with E-state index in [-0.39, 0.29) is 17.9 Å². The molecule has 0 saturated carbocycles. The number of hydrogen-bond acceptors (Lipinski definition) is 4. The second kappa shape index (κ2) is 8.34. The fourth-order valence-corrected chi connectivity index (χ4v) is 3.51. The van der Waals surface area contributed by atoms with E-state index in [1.54, 1.807) is 25.3 Å². The molecule has 2 aromatic heterocycles. The van der Waals surface area contributed by atoms with E-state index in [2.05, 4.69) is 10.3 Å². The Morgan fingerprint density at radius 1 is 1.14 bits per heavy atom. The number of carbonyl (C=O) groups excluding carboxylic acids is 2. The third-order valence-electron chi connectivity index (χ3n) is 5.22. The van der Waals surface area contributed by atoms with Gasteiger partial charge in [-0.2, -0.15) is 0 Å². The summed E-state index contributed by atoms with van der Waals surface area (Å²) in [6, 6.07) is 11.1. The Hall–Kier alpha value is -3.35. The summed E-state index contributed by atoms with van der Waals surface area (Å²) in [5.41, 5.74) is 2.44. The van der Waals surface area contributed by atoms with Crippen molar-refractivity contribution in [2.24, 2.45) is 0 Å². The van der Waals surface area contributed by atoms with E-state index in [0.29, 0.717) is 12.1 Å². The van der Waals surface area contributed by atoms with Gasteiger partial charge in [0.15, 0.2) is 0 Å². The largest absolute Gasteiger partial charge is 0.490 e. The van der Waals surface area contributed by atoms with Crippen LogP contribution in [-0.2, 0) is 11.3 Å². The number of likely N-dealkylation sites (tertiary alicyclic amines) is 1. The second-order valence-corrected chi connectivity index (χ2v) is 7.26. The van der Waals surface area contributed by atoms with Crippen molar-refractivity contribution in [2.75, 3.05) is 13.1 Å². The van der Waals surface area contributed by atoms with Gasteiger partial charge in [0.1, 0.15) is 17.5 Å². The zero-order chi connectivity index (χ0) is 20.2. The van der Waals surface area contributed by atoms with Gasteiger partial charge in [0.05, 0.1) is 0 Å². The molecule has 0 aliphatic carbocycles. The number of imidazole rings is 1. The molecule has 1 saturated heterocycles. The first-order chi connectivity index (χ1) is 14.1. The van der Waals surface area contributed by atoms with Gasteiger partial charge in [-0.05, 0) is 42.0 Å². The van der Waals surface area contributed by atoms with Crippen molar-refractivity contribution in [3.8, 4) is 5.75 Å². The molecule has 0 radical (unpaired) electrons. The van der Waals surface area contributed by atoms with Crippen LogP contribution in [0.3, 0.4) is 0 Å². The average Bonchev–Trinajstić information content (AvgIpc) is 3.21. The molecule has 150 valence electrons. The maximum absolute atomic E-state index is 12.4. The first-order valence-corrected chi connectivity index (χ1v) is 9.80. The van der Waals surface area contributed by atoms with Crippen molar-refractivity contribution < 1.29 is 14.3 Å². The summed E-state index contributed by atoms with van der Waals surface area (Å²) in [4.78, 5) is 29.9.